The first-order chi connectivity index (χ1) is 12.3. The van der Waals surface area contributed by atoms with Gasteiger partial charge in [0.25, 0.3) is 5.91 Å². The maximum absolute atomic E-state index is 11.5. The van der Waals surface area contributed by atoms with Gasteiger partial charge in [-0.05, 0) is 49.2 Å². The van der Waals surface area contributed by atoms with Gasteiger partial charge in [-0.3, -0.25) is 10.0 Å². The number of anilines is 2. The Labute approximate surface area is 145 Å². The third-order valence-electron chi connectivity index (χ3n) is 4.80. The zero-order chi connectivity index (χ0) is 17.2. The van der Waals surface area contributed by atoms with E-state index in [1.165, 1.54) is 12.8 Å². The summed E-state index contributed by atoms with van der Waals surface area (Å²) in [7, 11) is 0. The van der Waals surface area contributed by atoms with Crippen molar-refractivity contribution in [1.29, 1.82) is 0 Å². The van der Waals surface area contributed by atoms with Crippen LogP contribution < -0.4 is 10.4 Å². The van der Waals surface area contributed by atoms with Gasteiger partial charge in [-0.25, -0.2) is 10.5 Å². The second-order valence-corrected chi connectivity index (χ2v) is 6.37. The molecule has 0 atom stereocenters. The van der Waals surface area contributed by atoms with E-state index < -0.39 is 5.91 Å². The Morgan fingerprint density at radius 3 is 2.52 bits per heavy atom. The number of imidazole rings is 1. The van der Waals surface area contributed by atoms with Crippen molar-refractivity contribution >= 4 is 28.6 Å². The van der Waals surface area contributed by atoms with E-state index >= 15 is 0 Å². The molecule has 1 saturated carbocycles. The molecule has 1 amide bonds. The number of hydrogen-bond acceptors (Lipinski definition) is 4. The van der Waals surface area contributed by atoms with E-state index in [4.69, 9.17) is 10.2 Å². The van der Waals surface area contributed by atoms with Crippen LogP contribution >= 0.6 is 0 Å². The highest BCUT2D eigenvalue weighted by atomic mass is 16.5. The van der Waals surface area contributed by atoms with Crippen LogP contribution in [0.15, 0.2) is 48.5 Å². The van der Waals surface area contributed by atoms with E-state index in [1.54, 1.807) is 17.6 Å². The van der Waals surface area contributed by atoms with Crippen LogP contribution in [0.1, 0.15) is 36.0 Å². The molecule has 25 heavy (non-hydrogen) atoms. The van der Waals surface area contributed by atoms with Gasteiger partial charge < -0.3 is 9.88 Å². The lowest BCUT2D eigenvalue weighted by molar-refractivity contribution is 0.0706. The summed E-state index contributed by atoms with van der Waals surface area (Å²) in [5, 5.41) is 8.77. The minimum Gasteiger partial charge on any atom is -0.324 e. The van der Waals surface area contributed by atoms with Crippen LogP contribution in [-0.4, -0.2) is 27.1 Å². The minimum absolute atomic E-state index is 0.387. The maximum atomic E-state index is 11.5. The molecule has 0 unspecified atom stereocenters. The molecule has 2 aromatic carbocycles. The molecule has 3 N–H and O–H groups in total. The number of fused-ring (bicyclic) bond motifs is 1. The van der Waals surface area contributed by atoms with Gasteiger partial charge in [-0.1, -0.05) is 25.0 Å². The molecule has 128 valence electrons. The van der Waals surface area contributed by atoms with Crippen molar-refractivity contribution in [1.82, 2.24) is 15.4 Å². The summed E-state index contributed by atoms with van der Waals surface area (Å²) < 4.78 is 0. The number of aromatic nitrogens is 2. The van der Waals surface area contributed by atoms with Crippen molar-refractivity contribution in [3.63, 3.8) is 0 Å². The van der Waals surface area contributed by atoms with Crippen LogP contribution in [0.4, 0.5) is 11.6 Å². The number of rotatable bonds is 4. The molecular weight excluding hydrogens is 316 g/mol. The number of carbonyl (C=O) groups is 1. The quantitative estimate of drug-likeness (QED) is 0.500. The molecule has 0 spiro atoms. The van der Waals surface area contributed by atoms with Crippen molar-refractivity contribution in [3.8, 4) is 0 Å². The van der Waals surface area contributed by atoms with Crippen LogP contribution in [0.25, 0.3) is 11.0 Å². The number of carbonyl (C=O) groups excluding carboxylic acids is 1. The number of hydroxylamine groups is 1. The van der Waals surface area contributed by atoms with E-state index in [0.717, 1.165) is 35.5 Å². The molecule has 4 rings (SSSR count). The highest BCUT2D eigenvalue weighted by Crippen LogP contribution is 2.34. The fourth-order valence-electron chi connectivity index (χ4n) is 3.56. The number of nitrogens with one attached hydrogen (secondary N) is 2. The number of hydrogen-bond donors (Lipinski definition) is 3. The van der Waals surface area contributed by atoms with Crippen LogP contribution in [-0.2, 0) is 0 Å². The topological polar surface area (TPSA) is 81.2 Å². The fraction of sp³-hybridized carbons (Fsp3) is 0.263. The molecule has 6 nitrogen and oxygen atoms in total. The molecule has 0 aliphatic heterocycles. The largest absolute Gasteiger partial charge is 0.324 e. The van der Waals surface area contributed by atoms with Crippen LogP contribution in [0.5, 0.6) is 0 Å². The van der Waals surface area contributed by atoms with E-state index in [-0.39, 0.29) is 0 Å². The summed E-state index contributed by atoms with van der Waals surface area (Å²) in [6, 6.07) is 15.6. The molecule has 1 aliphatic rings. The number of aromatic amines is 1. The monoisotopic (exact) mass is 336 g/mol. The smallest absolute Gasteiger partial charge is 0.274 e. The van der Waals surface area contributed by atoms with Gasteiger partial charge in [0, 0.05) is 17.3 Å². The van der Waals surface area contributed by atoms with Gasteiger partial charge in [-0.2, -0.15) is 0 Å². The summed E-state index contributed by atoms with van der Waals surface area (Å²) in [6.07, 6.45) is 4.67. The van der Waals surface area contributed by atoms with Gasteiger partial charge in [0.15, 0.2) is 0 Å². The zero-order valence-corrected chi connectivity index (χ0v) is 13.8. The second-order valence-electron chi connectivity index (χ2n) is 6.37. The lowest BCUT2D eigenvalue weighted by atomic mass is 10.1. The molecule has 0 bridgehead atoms. The lowest BCUT2D eigenvalue weighted by Crippen LogP contribution is -2.29. The molecule has 0 saturated heterocycles. The fourth-order valence-corrected chi connectivity index (χ4v) is 3.56. The maximum Gasteiger partial charge on any atom is 0.274 e. The average Bonchev–Trinajstić information content (AvgIpc) is 3.31. The highest BCUT2D eigenvalue weighted by molar-refractivity contribution is 5.93. The number of H-pyrrole nitrogens is 1. The van der Waals surface area contributed by atoms with E-state index in [9.17, 15) is 4.79 Å². The molecule has 1 aliphatic carbocycles. The summed E-state index contributed by atoms with van der Waals surface area (Å²) in [4.78, 5) is 21.9. The summed E-state index contributed by atoms with van der Waals surface area (Å²) in [5.74, 6) is 0.315. The highest BCUT2D eigenvalue weighted by Gasteiger charge is 2.26. The molecule has 3 aromatic rings. The molecule has 6 heteroatoms. The van der Waals surface area contributed by atoms with Gasteiger partial charge in [0.1, 0.15) is 0 Å². The Morgan fingerprint density at radius 1 is 1.12 bits per heavy atom. The summed E-state index contributed by atoms with van der Waals surface area (Å²) in [5.41, 5.74) is 5.02. The first-order valence-corrected chi connectivity index (χ1v) is 8.55. The number of nitrogens with zero attached hydrogens (tertiary/aromatic N) is 2. The van der Waals surface area contributed by atoms with E-state index in [2.05, 4.69) is 9.88 Å². The average molecular weight is 336 g/mol. The molecule has 0 radical (unpaired) electrons. The van der Waals surface area contributed by atoms with Crippen molar-refractivity contribution < 1.29 is 10.0 Å². The minimum atomic E-state index is -0.511. The molecular formula is C19H20N4O2. The van der Waals surface area contributed by atoms with Gasteiger partial charge in [-0.15, -0.1) is 0 Å². The number of para-hydroxylation sites is 2. The van der Waals surface area contributed by atoms with Crippen LogP contribution in [0, 0.1) is 0 Å². The van der Waals surface area contributed by atoms with Crippen LogP contribution in [0.2, 0.25) is 0 Å². The van der Waals surface area contributed by atoms with E-state index in [1.807, 2.05) is 36.4 Å². The van der Waals surface area contributed by atoms with Gasteiger partial charge in [0.2, 0.25) is 5.95 Å². The van der Waals surface area contributed by atoms with Crippen LogP contribution in [0.3, 0.4) is 0 Å². The Balaban J connectivity index is 1.74. The molecule has 1 fully saturated rings. The summed E-state index contributed by atoms with van der Waals surface area (Å²) in [6.45, 7) is 0. The van der Waals surface area contributed by atoms with Gasteiger partial charge >= 0.3 is 0 Å². The van der Waals surface area contributed by atoms with Gasteiger partial charge in [0.05, 0.1) is 11.0 Å². The first-order valence-electron chi connectivity index (χ1n) is 8.55. The SMILES string of the molecule is O=C(NO)c1ccc(N(c2nc3ccccc3[nH]2)C2CCCC2)cc1. The van der Waals surface area contributed by atoms with Crippen molar-refractivity contribution in [3.05, 3.63) is 54.1 Å². The normalized spacial score (nSPS) is 14.8. The Morgan fingerprint density at radius 2 is 1.84 bits per heavy atom. The Bertz CT molecular complexity index is 849. The predicted octanol–water partition coefficient (Wildman–Crippen LogP) is 3.76. The first kappa shape index (κ1) is 15.7. The summed E-state index contributed by atoms with van der Waals surface area (Å²) >= 11 is 0. The third kappa shape index (κ3) is 2.96. The molecule has 1 aromatic heterocycles. The Kier molecular flexibility index (Phi) is 4.11. The third-order valence-corrected chi connectivity index (χ3v) is 4.80. The number of benzene rings is 2. The van der Waals surface area contributed by atoms with E-state index in [0.29, 0.717) is 11.6 Å². The second kappa shape index (κ2) is 6.57. The van der Waals surface area contributed by atoms with Crippen molar-refractivity contribution in [2.75, 3.05) is 4.90 Å². The Hall–Kier alpha value is -2.86. The number of amides is 1. The van der Waals surface area contributed by atoms with Crippen molar-refractivity contribution in [2.45, 2.75) is 31.7 Å². The lowest BCUT2D eigenvalue weighted by Gasteiger charge is -2.28. The predicted molar refractivity (Wildman–Crippen MR) is 96.2 cm³/mol. The standard InChI is InChI=1S/C19H20N4O2/c24-18(22-25)13-9-11-15(12-10-13)23(14-5-1-2-6-14)19-20-16-7-3-4-8-17(16)21-19/h3-4,7-12,14,25H,1-2,5-6H2,(H,20,21)(H,22,24). The zero-order valence-electron chi connectivity index (χ0n) is 13.8. The molecule has 1 heterocycles. The van der Waals surface area contributed by atoms with Crippen molar-refractivity contribution in [2.24, 2.45) is 0 Å².